The quantitative estimate of drug-likeness (QED) is 0.598. The molecule has 2 aliphatic rings. The second-order valence-electron chi connectivity index (χ2n) is 8.72. The van der Waals surface area contributed by atoms with Gasteiger partial charge in [-0.25, -0.2) is 13.2 Å². The zero-order valence-electron chi connectivity index (χ0n) is 18.3. The van der Waals surface area contributed by atoms with Crippen LogP contribution < -0.4 is 11.1 Å². The number of aryl methyl sites for hydroxylation is 2. The Hall–Kier alpha value is -2.91. The highest BCUT2D eigenvalue weighted by Crippen LogP contribution is 2.29. The molecule has 0 radical (unpaired) electrons. The van der Waals surface area contributed by atoms with Crippen LogP contribution >= 0.6 is 0 Å². The molecule has 1 aromatic heterocycles. The number of fused-ring (bicyclic) bond motifs is 2. The molecule has 9 heteroatoms. The average molecular weight is 470 g/mol. The highest BCUT2D eigenvalue weighted by Gasteiger charge is 2.28. The molecular weight excluding hydrogens is 442 g/mol. The Balaban J connectivity index is 1.30. The van der Waals surface area contributed by atoms with Gasteiger partial charge in [0, 0.05) is 32.1 Å². The number of rotatable bonds is 6. The molecule has 1 aliphatic heterocycles. The molecule has 8 nitrogen and oxygen atoms in total. The predicted molar refractivity (Wildman–Crippen MR) is 123 cm³/mol. The second kappa shape index (κ2) is 8.79. The molecule has 0 spiro atoms. The van der Waals surface area contributed by atoms with Gasteiger partial charge < -0.3 is 9.73 Å². The van der Waals surface area contributed by atoms with Gasteiger partial charge in [-0.3, -0.25) is 9.36 Å². The van der Waals surface area contributed by atoms with Crippen molar-refractivity contribution in [1.29, 1.82) is 0 Å². The van der Waals surface area contributed by atoms with Crippen LogP contribution in [0.15, 0.2) is 56.6 Å². The molecule has 3 aromatic rings. The molecule has 174 valence electrons. The maximum atomic E-state index is 12.8. The monoisotopic (exact) mass is 469 g/mol. The summed E-state index contributed by atoms with van der Waals surface area (Å²) >= 11 is 0. The zero-order chi connectivity index (χ0) is 23.0. The van der Waals surface area contributed by atoms with Gasteiger partial charge in [0.1, 0.15) is 0 Å². The summed E-state index contributed by atoms with van der Waals surface area (Å²) in [7, 11) is -3.60. The van der Waals surface area contributed by atoms with Crippen molar-refractivity contribution in [2.75, 3.05) is 13.1 Å². The van der Waals surface area contributed by atoms with Crippen LogP contribution in [0.25, 0.3) is 11.1 Å². The lowest BCUT2D eigenvalue weighted by Gasteiger charge is -2.26. The van der Waals surface area contributed by atoms with E-state index >= 15 is 0 Å². The van der Waals surface area contributed by atoms with Gasteiger partial charge in [0.25, 0.3) is 0 Å². The third-order valence-electron chi connectivity index (χ3n) is 6.61. The van der Waals surface area contributed by atoms with Crippen molar-refractivity contribution in [3.8, 4) is 0 Å². The third kappa shape index (κ3) is 4.22. The van der Waals surface area contributed by atoms with Crippen molar-refractivity contribution >= 4 is 27.0 Å². The number of carbonyl (C=O) groups is 1. The molecule has 1 amide bonds. The summed E-state index contributed by atoms with van der Waals surface area (Å²) in [5.41, 5.74) is 3.12. The SMILES string of the molecule is O=C(CCn1c(=O)oc2cc(S(=O)(=O)N3CCCC3)ccc21)N[C@H]1CCCc2ccccc21. The Labute approximate surface area is 192 Å². The van der Waals surface area contributed by atoms with Crippen LogP contribution in [-0.4, -0.2) is 36.3 Å². The van der Waals surface area contributed by atoms with E-state index in [2.05, 4.69) is 17.4 Å². The first-order valence-electron chi connectivity index (χ1n) is 11.4. The molecule has 0 unspecified atom stereocenters. The number of carbonyl (C=O) groups excluding carboxylic acids is 1. The highest BCUT2D eigenvalue weighted by atomic mass is 32.2. The fraction of sp³-hybridized carbons (Fsp3) is 0.417. The summed E-state index contributed by atoms with van der Waals surface area (Å²) in [5.74, 6) is -0.734. The van der Waals surface area contributed by atoms with Crippen LogP contribution in [0.4, 0.5) is 0 Å². The maximum Gasteiger partial charge on any atom is 0.419 e. The minimum atomic E-state index is -3.60. The Morgan fingerprint density at radius 2 is 1.88 bits per heavy atom. The van der Waals surface area contributed by atoms with Crippen molar-refractivity contribution in [3.05, 3.63) is 64.1 Å². The van der Waals surface area contributed by atoms with E-state index < -0.39 is 15.8 Å². The van der Waals surface area contributed by atoms with Crippen LogP contribution in [-0.2, 0) is 27.8 Å². The van der Waals surface area contributed by atoms with E-state index in [9.17, 15) is 18.0 Å². The molecule has 5 rings (SSSR count). The van der Waals surface area contributed by atoms with Crippen molar-refractivity contribution in [3.63, 3.8) is 0 Å². The number of nitrogens with zero attached hydrogens (tertiary/aromatic N) is 2. The van der Waals surface area contributed by atoms with Gasteiger partial charge in [-0.1, -0.05) is 24.3 Å². The van der Waals surface area contributed by atoms with Crippen LogP contribution in [0, 0.1) is 0 Å². The van der Waals surface area contributed by atoms with Crippen LogP contribution in [0.5, 0.6) is 0 Å². The van der Waals surface area contributed by atoms with E-state index in [1.54, 1.807) is 6.07 Å². The molecule has 1 fully saturated rings. The first-order chi connectivity index (χ1) is 15.9. The number of hydrogen-bond acceptors (Lipinski definition) is 5. The van der Waals surface area contributed by atoms with Crippen LogP contribution in [0.2, 0.25) is 0 Å². The van der Waals surface area contributed by atoms with Crippen molar-refractivity contribution in [1.82, 2.24) is 14.2 Å². The molecular formula is C24H27N3O5S. The third-order valence-corrected chi connectivity index (χ3v) is 8.50. The van der Waals surface area contributed by atoms with Crippen molar-refractivity contribution < 1.29 is 17.6 Å². The summed E-state index contributed by atoms with van der Waals surface area (Å²) in [4.78, 5) is 25.2. The van der Waals surface area contributed by atoms with Gasteiger partial charge in [-0.15, -0.1) is 0 Å². The largest absolute Gasteiger partial charge is 0.419 e. The molecule has 1 saturated heterocycles. The number of amides is 1. The summed E-state index contributed by atoms with van der Waals surface area (Å²) in [6.07, 6.45) is 4.76. The molecule has 0 bridgehead atoms. The fourth-order valence-corrected chi connectivity index (χ4v) is 6.41. The van der Waals surface area contributed by atoms with Crippen LogP contribution in [0.3, 0.4) is 0 Å². The molecule has 1 aliphatic carbocycles. The molecule has 33 heavy (non-hydrogen) atoms. The standard InChI is InChI=1S/C24H27N3O5S/c28-23(25-20-9-5-7-17-6-1-2-8-19(17)20)12-15-27-21-11-10-18(16-22(21)32-24(27)29)33(30,31)26-13-3-4-14-26/h1-2,6,8,10-11,16,20H,3-5,7,9,12-15H2,(H,25,28)/t20-/m0/s1. The Bertz CT molecular complexity index is 1350. The van der Waals surface area contributed by atoms with E-state index in [4.69, 9.17) is 4.42 Å². The number of aromatic nitrogens is 1. The van der Waals surface area contributed by atoms with E-state index in [1.165, 1.54) is 26.6 Å². The van der Waals surface area contributed by atoms with E-state index in [0.29, 0.717) is 18.6 Å². The number of hydrogen-bond donors (Lipinski definition) is 1. The molecule has 1 atom stereocenters. The number of benzene rings is 2. The van der Waals surface area contributed by atoms with E-state index in [-0.39, 0.29) is 35.4 Å². The number of oxazole rings is 1. The molecule has 2 heterocycles. The highest BCUT2D eigenvalue weighted by molar-refractivity contribution is 7.89. The Morgan fingerprint density at radius 3 is 2.70 bits per heavy atom. The summed E-state index contributed by atoms with van der Waals surface area (Å²) in [6.45, 7) is 1.17. The van der Waals surface area contributed by atoms with E-state index in [0.717, 1.165) is 37.7 Å². The lowest BCUT2D eigenvalue weighted by Crippen LogP contribution is -2.32. The lowest BCUT2D eigenvalue weighted by molar-refractivity contribution is -0.122. The Kier molecular flexibility index (Phi) is 5.84. The van der Waals surface area contributed by atoms with Gasteiger partial charge in [0.2, 0.25) is 15.9 Å². The zero-order valence-corrected chi connectivity index (χ0v) is 19.1. The molecule has 1 N–H and O–H groups in total. The van der Waals surface area contributed by atoms with Crippen LogP contribution in [0.1, 0.15) is 49.3 Å². The van der Waals surface area contributed by atoms with Gasteiger partial charge in [-0.2, -0.15) is 4.31 Å². The summed E-state index contributed by atoms with van der Waals surface area (Å²) in [6, 6.07) is 12.6. The smallest absolute Gasteiger partial charge is 0.408 e. The maximum absolute atomic E-state index is 12.8. The fourth-order valence-electron chi connectivity index (χ4n) is 4.88. The van der Waals surface area contributed by atoms with Gasteiger partial charge in [0.05, 0.1) is 16.5 Å². The number of nitrogens with one attached hydrogen (secondary N) is 1. The lowest BCUT2D eigenvalue weighted by atomic mass is 9.88. The summed E-state index contributed by atoms with van der Waals surface area (Å²) in [5, 5.41) is 3.10. The van der Waals surface area contributed by atoms with Crippen molar-refractivity contribution in [2.45, 2.75) is 56.0 Å². The Morgan fingerprint density at radius 1 is 1.09 bits per heavy atom. The van der Waals surface area contributed by atoms with Gasteiger partial charge in [-0.05, 0) is 55.4 Å². The molecule has 0 saturated carbocycles. The van der Waals surface area contributed by atoms with Gasteiger partial charge >= 0.3 is 5.76 Å². The minimum absolute atomic E-state index is 0.0152. The average Bonchev–Trinajstić information content (AvgIpc) is 3.46. The number of sulfonamides is 1. The van der Waals surface area contributed by atoms with E-state index in [1.807, 2.05) is 12.1 Å². The molecule has 2 aromatic carbocycles. The minimum Gasteiger partial charge on any atom is -0.408 e. The summed E-state index contributed by atoms with van der Waals surface area (Å²) < 4.78 is 33.8. The predicted octanol–water partition coefficient (Wildman–Crippen LogP) is 2.96. The second-order valence-corrected chi connectivity index (χ2v) is 10.7. The normalized spacial score (nSPS) is 19.0. The first-order valence-corrected chi connectivity index (χ1v) is 12.9. The van der Waals surface area contributed by atoms with Crippen molar-refractivity contribution in [2.24, 2.45) is 0 Å². The van der Waals surface area contributed by atoms with Gasteiger partial charge in [0.15, 0.2) is 5.58 Å². The topological polar surface area (TPSA) is 102 Å². The first kappa shape index (κ1) is 21.9.